The van der Waals surface area contributed by atoms with Crippen molar-refractivity contribution < 1.29 is 22.7 Å². The molecular weight excluding hydrogens is 339 g/mol. The number of carbonyl (C=O) groups is 1. The lowest BCUT2D eigenvalue weighted by atomic mass is 10.1. The second kappa shape index (κ2) is 6.13. The van der Waals surface area contributed by atoms with Gasteiger partial charge >= 0.3 is 0 Å². The predicted octanol–water partition coefficient (Wildman–Crippen LogP) is 2.73. The van der Waals surface area contributed by atoms with Gasteiger partial charge in [-0.2, -0.15) is 0 Å². The van der Waals surface area contributed by atoms with Gasteiger partial charge in [0.05, 0.1) is 18.8 Å². The molecule has 1 aliphatic heterocycles. The van der Waals surface area contributed by atoms with Gasteiger partial charge in [-0.1, -0.05) is 15.9 Å². The Labute approximate surface area is 122 Å². The molecule has 2 rings (SSSR count). The van der Waals surface area contributed by atoms with Crippen molar-refractivity contribution in [2.24, 2.45) is 0 Å². The molecule has 3 nitrogen and oxygen atoms in total. The molecule has 1 heterocycles. The second-order valence-electron chi connectivity index (χ2n) is 4.67. The van der Waals surface area contributed by atoms with Gasteiger partial charge in [-0.3, -0.25) is 4.79 Å². The summed E-state index contributed by atoms with van der Waals surface area (Å²) in [6, 6.07) is 1.21. The molecule has 7 heteroatoms. The molecule has 1 aliphatic rings. The van der Waals surface area contributed by atoms with Gasteiger partial charge in [-0.25, -0.2) is 13.2 Å². The molecule has 1 aromatic rings. The monoisotopic (exact) mass is 351 g/mol. The first kappa shape index (κ1) is 15.3. The van der Waals surface area contributed by atoms with Crippen molar-refractivity contribution in [3.63, 3.8) is 0 Å². The highest BCUT2D eigenvalue weighted by atomic mass is 79.9. The van der Waals surface area contributed by atoms with E-state index < -0.39 is 23.4 Å². The minimum absolute atomic E-state index is 0.176. The Morgan fingerprint density at radius 3 is 2.55 bits per heavy atom. The number of hydrogen-bond acceptors (Lipinski definition) is 2. The summed E-state index contributed by atoms with van der Waals surface area (Å²) in [6.45, 7) is 2.43. The van der Waals surface area contributed by atoms with E-state index in [0.29, 0.717) is 30.6 Å². The zero-order valence-corrected chi connectivity index (χ0v) is 12.3. The molecule has 0 N–H and O–H groups in total. The number of nitrogens with zero attached hydrogens (tertiary/aromatic N) is 1. The SMILES string of the molecule is CC1COC(CBr)CN1C(=O)c1cc(F)c(F)c(F)c1. The minimum Gasteiger partial charge on any atom is -0.373 e. The van der Waals surface area contributed by atoms with Crippen molar-refractivity contribution >= 4 is 21.8 Å². The fourth-order valence-electron chi connectivity index (χ4n) is 2.04. The molecule has 2 unspecified atom stereocenters. The van der Waals surface area contributed by atoms with Gasteiger partial charge in [0.25, 0.3) is 5.91 Å². The van der Waals surface area contributed by atoms with Crippen LogP contribution in [0.1, 0.15) is 17.3 Å². The molecule has 0 aliphatic carbocycles. The number of halogens is 4. The van der Waals surface area contributed by atoms with Crippen molar-refractivity contribution in [2.45, 2.75) is 19.1 Å². The van der Waals surface area contributed by atoms with Gasteiger partial charge in [0.2, 0.25) is 0 Å². The van der Waals surface area contributed by atoms with E-state index in [4.69, 9.17) is 4.74 Å². The van der Waals surface area contributed by atoms with E-state index >= 15 is 0 Å². The number of benzene rings is 1. The molecule has 1 aromatic carbocycles. The summed E-state index contributed by atoms with van der Waals surface area (Å²) in [5.41, 5.74) is -0.205. The third-order valence-corrected chi connectivity index (χ3v) is 3.89. The molecular formula is C13H13BrF3NO2. The van der Waals surface area contributed by atoms with E-state index in [1.165, 1.54) is 4.90 Å². The Morgan fingerprint density at radius 1 is 1.40 bits per heavy atom. The zero-order valence-electron chi connectivity index (χ0n) is 10.7. The van der Waals surface area contributed by atoms with Crippen molar-refractivity contribution in [1.82, 2.24) is 4.90 Å². The fourth-order valence-corrected chi connectivity index (χ4v) is 2.43. The van der Waals surface area contributed by atoms with Crippen LogP contribution in [0.15, 0.2) is 12.1 Å². The van der Waals surface area contributed by atoms with E-state index in [9.17, 15) is 18.0 Å². The maximum atomic E-state index is 13.2. The van der Waals surface area contributed by atoms with E-state index in [2.05, 4.69) is 15.9 Å². The Balaban J connectivity index is 2.26. The van der Waals surface area contributed by atoms with Crippen LogP contribution in [0.3, 0.4) is 0 Å². The largest absolute Gasteiger partial charge is 0.373 e. The van der Waals surface area contributed by atoms with Crippen LogP contribution in [-0.4, -0.2) is 41.4 Å². The number of carbonyl (C=O) groups excluding carboxylic acids is 1. The summed E-state index contributed by atoms with van der Waals surface area (Å²) < 4.78 is 44.8. The first-order valence-electron chi connectivity index (χ1n) is 6.07. The van der Waals surface area contributed by atoms with E-state index in [1.54, 1.807) is 6.92 Å². The highest BCUT2D eigenvalue weighted by Gasteiger charge is 2.30. The summed E-state index contributed by atoms with van der Waals surface area (Å²) in [5, 5.41) is 0.551. The van der Waals surface area contributed by atoms with Crippen LogP contribution in [0, 0.1) is 17.5 Å². The second-order valence-corrected chi connectivity index (χ2v) is 5.32. The Bertz CT molecular complexity index is 503. The van der Waals surface area contributed by atoms with Crippen LogP contribution in [0.4, 0.5) is 13.2 Å². The quantitative estimate of drug-likeness (QED) is 0.605. The van der Waals surface area contributed by atoms with Crippen LogP contribution in [0.25, 0.3) is 0 Å². The normalized spacial score (nSPS) is 22.9. The third-order valence-electron chi connectivity index (χ3n) is 3.17. The van der Waals surface area contributed by atoms with Gasteiger partial charge in [0.15, 0.2) is 17.5 Å². The van der Waals surface area contributed by atoms with E-state index in [-0.39, 0.29) is 17.7 Å². The Morgan fingerprint density at radius 2 is 2.00 bits per heavy atom. The lowest BCUT2D eigenvalue weighted by Crippen LogP contribution is -2.51. The Kier molecular flexibility index (Phi) is 4.70. The van der Waals surface area contributed by atoms with Crippen molar-refractivity contribution in [3.05, 3.63) is 35.1 Å². The molecule has 0 aromatic heterocycles. The van der Waals surface area contributed by atoms with Gasteiger partial charge in [-0.15, -0.1) is 0 Å². The third kappa shape index (κ3) is 2.98. The smallest absolute Gasteiger partial charge is 0.254 e. The topological polar surface area (TPSA) is 29.5 Å². The number of alkyl halides is 1. The lowest BCUT2D eigenvalue weighted by molar-refractivity contribution is -0.0361. The van der Waals surface area contributed by atoms with E-state index in [0.717, 1.165) is 0 Å². The molecule has 110 valence electrons. The van der Waals surface area contributed by atoms with Crippen LogP contribution in [0.2, 0.25) is 0 Å². The number of rotatable bonds is 2. The standard InChI is InChI=1S/C13H13BrF3NO2/c1-7-6-20-9(4-14)5-18(7)13(19)8-2-10(15)12(17)11(16)3-8/h2-3,7,9H,4-6H2,1H3. The fraction of sp³-hybridized carbons (Fsp3) is 0.462. The molecule has 1 amide bonds. The van der Waals surface area contributed by atoms with Crippen molar-refractivity contribution in [1.29, 1.82) is 0 Å². The van der Waals surface area contributed by atoms with Crippen LogP contribution >= 0.6 is 15.9 Å². The number of hydrogen-bond donors (Lipinski definition) is 0. The summed E-state index contributed by atoms with van der Waals surface area (Å²) in [5.74, 6) is -4.85. The maximum Gasteiger partial charge on any atom is 0.254 e. The van der Waals surface area contributed by atoms with Gasteiger partial charge < -0.3 is 9.64 Å². The van der Waals surface area contributed by atoms with Crippen LogP contribution in [0.5, 0.6) is 0 Å². The predicted molar refractivity (Wildman–Crippen MR) is 70.3 cm³/mol. The van der Waals surface area contributed by atoms with Gasteiger partial charge in [0, 0.05) is 17.4 Å². The van der Waals surface area contributed by atoms with Crippen molar-refractivity contribution in [3.8, 4) is 0 Å². The van der Waals surface area contributed by atoms with E-state index in [1.807, 2.05) is 0 Å². The molecule has 0 saturated carbocycles. The Hall–Kier alpha value is -1.08. The maximum absolute atomic E-state index is 13.2. The van der Waals surface area contributed by atoms with Crippen molar-refractivity contribution in [2.75, 3.05) is 18.5 Å². The molecule has 0 bridgehead atoms. The molecule has 20 heavy (non-hydrogen) atoms. The highest BCUT2D eigenvalue weighted by Crippen LogP contribution is 2.19. The minimum atomic E-state index is -1.57. The lowest BCUT2D eigenvalue weighted by Gasteiger charge is -2.37. The average Bonchev–Trinajstić information content (AvgIpc) is 2.44. The molecule has 2 atom stereocenters. The number of ether oxygens (including phenoxy) is 1. The first-order valence-corrected chi connectivity index (χ1v) is 7.19. The molecule has 0 radical (unpaired) electrons. The van der Waals surface area contributed by atoms with Gasteiger partial charge in [0.1, 0.15) is 0 Å². The highest BCUT2D eigenvalue weighted by molar-refractivity contribution is 9.09. The average molecular weight is 352 g/mol. The summed E-state index contributed by atoms with van der Waals surface area (Å²) in [7, 11) is 0. The van der Waals surface area contributed by atoms with Gasteiger partial charge in [-0.05, 0) is 19.1 Å². The number of morpholine rings is 1. The first-order chi connectivity index (χ1) is 9.43. The van der Waals surface area contributed by atoms with Crippen LogP contribution < -0.4 is 0 Å². The molecule has 1 fully saturated rings. The van der Waals surface area contributed by atoms with Crippen LogP contribution in [-0.2, 0) is 4.74 Å². The summed E-state index contributed by atoms with van der Waals surface area (Å²) in [4.78, 5) is 13.8. The summed E-state index contributed by atoms with van der Waals surface area (Å²) >= 11 is 3.26. The number of amides is 1. The zero-order chi connectivity index (χ0) is 14.9. The molecule has 1 saturated heterocycles. The summed E-state index contributed by atoms with van der Waals surface area (Å²) in [6.07, 6.45) is -0.176. The molecule has 0 spiro atoms.